The van der Waals surface area contributed by atoms with E-state index in [4.69, 9.17) is 14.4 Å². The van der Waals surface area contributed by atoms with Gasteiger partial charge in [-0.25, -0.2) is 9.59 Å². The van der Waals surface area contributed by atoms with Crippen LogP contribution in [0.2, 0.25) is 0 Å². The molecule has 0 spiro atoms. The highest BCUT2D eigenvalue weighted by Gasteiger charge is 2.39. The standard InChI is InChI=1S/C11H16N4O5/c1-19-7-4-8(10(16)17)15(5-7)11(18)12-3-2-9-13-6-14-20-9/h6-8H,2-5H2,1H3,(H,12,18)(H,16,17). The monoisotopic (exact) mass is 284 g/mol. The van der Waals surface area contributed by atoms with Crippen molar-refractivity contribution in [3.05, 3.63) is 12.2 Å². The number of carbonyl (C=O) groups is 2. The molecule has 110 valence electrons. The van der Waals surface area contributed by atoms with Gasteiger partial charge in [-0.3, -0.25) is 0 Å². The topological polar surface area (TPSA) is 118 Å². The number of carbonyl (C=O) groups excluding carboxylic acids is 1. The van der Waals surface area contributed by atoms with Crippen LogP contribution in [0.1, 0.15) is 12.3 Å². The molecule has 2 amide bonds. The fourth-order valence-corrected chi connectivity index (χ4v) is 2.11. The number of nitrogens with zero attached hydrogens (tertiary/aromatic N) is 3. The van der Waals surface area contributed by atoms with Crippen LogP contribution in [-0.2, 0) is 16.0 Å². The Morgan fingerprint density at radius 3 is 3.05 bits per heavy atom. The molecule has 1 aromatic rings. The zero-order valence-corrected chi connectivity index (χ0v) is 11.0. The molecule has 2 rings (SSSR count). The van der Waals surface area contributed by atoms with Gasteiger partial charge in [0.15, 0.2) is 6.33 Å². The lowest BCUT2D eigenvalue weighted by Crippen LogP contribution is -2.46. The van der Waals surface area contributed by atoms with Crippen LogP contribution in [0.25, 0.3) is 0 Å². The van der Waals surface area contributed by atoms with Crippen molar-refractivity contribution in [2.75, 3.05) is 20.2 Å². The summed E-state index contributed by atoms with van der Waals surface area (Å²) in [6.45, 7) is 0.557. The van der Waals surface area contributed by atoms with Crippen molar-refractivity contribution >= 4 is 12.0 Å². The van der Waals surface area contributed by atoms with Crippen molar-refractivity contribution in [3.8, 4) is 0 Å². The van der Waals surface area contributed by atoms with Gasteiger partial charge in [0.1, 0.15) is 6.04 Å². The highest BCUT2D eigenvalue weighted by Crippen LogP contribution is 2.20. The predicted molar refractivity (Wildman–Crippen MR) is 64.9 cm³/mol. The van der Waals surface area contributed by atoms with E-state index in [1.807, 2.05) is 0 Å². The zero-order chi connectivity index (χ0) is 14.5. The van der Waals surface area contributed by atoms with Gasteiger partial charge in [-0.05, 0) is 0 Å². The minimum Gasteiger partial charge on any atom is -0.480 e. The lowest BCUT2D eigenvalue weighted by atomic mass is 10.2. The minimum atomic E-state index is -1.03. The number of carboxylic acid groups (broad SMARTS) is 1. The average molecular weight is 284 g/mol. The lowest BCUT2D eigenvalue weighted by Gasteiger charge is -2.21. The van der Waals surface area contributed by atoms with Crippen LogP contribution < -0.4 is 5.32 Å². The molecule has 9 nitrogen and oxygen atoms in total. The third-order valence-electron chi connectivity index (χ3n) is 3.16. The molecule has 2 atom stereocenters. The van der Waals surface area contributed by atoms with Crippen LogP contribution >= 0.6 is 0 Å². The number of ether oxygens (including phenoxy) is 1. The number of aromatic nitrogens is 2. The molecule has 9 heteroatoms. The van der Waals surface area contributed by atoms with E-state index in [9.17, 15) is 9.59 Å². The molecule has 0 bridgehead atoms. The van der Waals surface area contributed by atoms with Gasteiger partial charge in [-0.15, -0.1) is 0 Å². The summed E-state index contributed by atoms with van der Waals surface area (Å²) in [7, 11) is 1.50. The van der Waals surface area contributed by atoms with E-state index in [0.29, 0.717) is 25.3 Å². The lowest BCUT2D eigenvalue weighted by molar-refractivity contribution is -0.141. The summed E-state index contributed by atoms with van der Waals surface area (Å²) in [6.07, 6.45) is 1.72. The third-order valence-corrected chi connectivity index (χ3v) is 3.16. The summed E-state index contributed by atoms with van der Waals surface area (Å²) >= 11 is 0. The molecule has 2 heterocycles. The Hall–Kier alpha value is -2.16. The van der Waals surface area contributed by atoms with Crippen molar-refractivity contribution in [3.63, 3.8) is 0 Å². The second kappa shape index (κ2) is 6.33. The summed E-state index contributed by atoms with van der Waals surface area (Å²) in [5, 5.41) is 15.2. The van der Waals surface area contributed by atoms with Gasteiger partial charge in [-0.1, -0.05) is 5.16 Å². The van der Waals surface area contributed by atoms with Gasteiger partial charge in [0.2, 0.25) is 5.89 Å². The van der Waals surface area contributed by atoms with E-state index in [0.717, 1.165) is 0 Å². The van der Waals surface area contributed by atoms with Crippen molar-refractivity contribution in [2.45, 2.75) is 25.0 Å². The fraction of sp³-hybridized carbons (Fsp3) is 0.636. The number of hydrogen-bond acceptors (Lipinski definition) is 6. The fourth-order valence-electron chi connectivity index (χ4n) is 2.11. The third kappa shape index (κ3) is 3.23. The number of nitrogens with one attached hydrogen (secondary N) is 1. The number of carboxylic acids is 1. The van der Waals surface area contributed by atoms with Crippen LogP contribution in [0.5, 0.6) is 0 Å². The largest absolute Gasteiger partial charge is 0.480 e. The summed E-state index contributed by atoms with van der Waals surface area (Å²) < 4.78 is 9.91. The molecule has 1 saturated heterocycles. The summed E-state index contributed by atoms with van der Waals surface area (Å²) in [5.41, 5.74) is 0. The zero-order valence-electron chi connectivity index (χ0n) is 11.0. The van der Waals surface area contributed by atoms with E-state index in [-0.39, 0.29) is 12.6 Å². The highest BCUT2D eigenvalue weighted by molar-refractivity contribution is 5.83. The smallest absolute Gasteiger partial charge is 0.326 e. The van der Waals surface area contributed by atoms with E-state index in [2.05, 4.69) is 15.5 Å². The second-order valence-corrected chi connectivity index (χ2v) is 4.42. The van der Waals surface area contributed by atoms with Crippen molar-refractivity contribution in [2.24, 2.45) is 0 Å². The average Bonchev–Trinajstić information content (AvgIpc) is 3.07. The molecule has 20 heavy (non-hydrogen) atoms. The summed E-state index contributed by atoms with van der Waals surface area (Å²) in [6, 6.07) is -1.29. The Kier molecular flexibility index (Phi) is 4.51. The summed E-state index contributed by atoms with van der Waals surface area (Å²) in [5.74, 6) is -0.618. The molecule has 2 N–H and O–H groups in total. The molecule has 1 aromatic heterocycles. The highest BCUT2D eigenvalue weighted by atomic mass is 16.5. The first-order valence-corrected chi connectivity index (χ1v) is 6.17. The van der Waals surface area contributed by atoms with E-state index in [1.165, 1.54) is 18.3 Å². The van der Waals surface area contributed by atoms with Crippen LogP contribution in [0, 0.1) is 0 Å². The number of rotatable bonds is 5. The number of urea groups is 1. The molecule has 0 saturated carbocycles. The van der Waals surface area contributed by atoms with Crippen molar-refractivity contribution in [1.29, 1.82) is 0 Å². The number of aliphatic carboxylic acids is 1. The van der Waals surface area contributed by atoms with Crippen LogP contribution in [0.4, 0.5) is 4.79 Å². The normalized spacial score (nSPS) is 21.9. The molecule has 2 unspecified atom stereocenters. The Bertz CT molecular complexity index is 463. The SMILES string of the molecule is COC1CC(C(=O)O)N(C(=O)NCCc2ncno2)C1. The molecule has 1 aliphatic heterocycles. The van der Waals surface area contributed by atoms with Gasteiger partial charge in [0.05, 0.1) is 6.10 Å². The van der Waals surface area contributed by atoms with Crippen molar-refractivity contribution < 1.29 is 24.0 Å². The molecule has 0 aliphatic carbocycles. The van der Waals surface area contributed by atoms with Crippen molar-refractivity contribution in [1.82, 2.24) is 20.4 Å². The van der Waals surface area contributed by atoms with Gasteiger partial charge in [0.25, 0.3) is 0 Å². The predicted octanol–water partition coefficient (Wildman–Crippen LogP) is -0.504. The first kappa shape index (κ1) is 14.3. The molecular weight excluding hydrogens is 268 g/mol. The van der Waals surface area contributed by atoms with Crippen LogP contribution in [0.15, 0.2) is 10.9 Å². The number of hydrogen-bond donors (Lipinski definition) is 2. The van der Waals surface area contributed by atoms with E-state index in [1.54, 1.807) is 0 Å². The van der Waals surface area contributed by atoms with E-state index >= 15 is 0 Å². The maximum Gasteiger partial charge on any atom is 0.326 e. The Balaban J connectivity index is 1.85. The van der Waals surface area contributed by atoms with Gasteiger partial charge in [0, 0.05) is 33.0 Å². The minimum absolute atomic E-state index is 0.252. The Morgan fingerprint density at radius 2 is 2.45 bits per heavy atom. The van der Waals surface area contributed by atoms with Gasteiger partial charge < -0.3 is 24.6 Å². The Labute approximate surface area is 114 Å². The van der Waals surface area contributed by atoms with Crippen LogP contribution in [0.3, 0.4) is 0 Å². The quantitative estimate of drug-likeness (QED) is 0.748. The molecule has 1 fully saturated rings. The van der Waals surface area contributed by atoms with E-state index < -0.39 is 18.0 Å². The molecule has 1 aliphatic rings. The van der Waals surface area contributed by atoms with Gasteiger partial charge in [-0.2, -0.15) is 4.98 Å². The number of amides is 2. The maximum absolute atomic E-state index is 12.0. The first-order chi connectivity index (χ1) is 9.61. The molecular formula is C11H16N4O5. The van der Waals surface area contributed by atoms with Gasteiger partial charge >= 0.3 is 12.0 Å². The maximum atomic E-state index is 12.0. The molecule has 0 aromatic carbocycles. The first-order valence-electron chi connectivity index (χ1n) is 6.17. The number of methoxy groups -OCH3 is 1. The molecule has 0 radical (unpaired) electrons. The van der Waals surface area contributed by atoms with Crippen LogP contribution in [-0.4, -0.2) is 64.5 Å². The second-order valence-electron chi connectivity index (χ2n) is 4.42. The number of likely N-dealkylation sites (tertiary alicyclic amines) is 1. The summed E-state index contributed by atoms with van der Waals surface area (Å²) in [4.78, 5) is 28.2. The Morgan fingerprint density at radius 1 is 1.65 bits per heavy atom.